The highest BCUT2D eigenvalue weighted by atomic mass is 16.5. The number of H-pyrrole nitrogens is 1. The van der Waals surface area contributed by atoms with E-state index in [1.54, 1.807) is 0 Å². The Bertz CT molecular complexity index is 639. The second-order valence-corrected chi connectivity index (χ2v) is 5.68. The highest BCUT2D eigenvalue weighted by Crippen LogP contribution is 2.31. The molecule has 6 heteroatoms. The van der Waals surface area contributed by atoms with Gasteiger partial charge in [0.25, 0.3) is 0 Å². The molecule has 0 aromatic carbocycles. The number of nitrogens with one attached hydrogen (secondary N) is 1. The molecule has 2 aromatic heterocycles. The van der Waals surface area contributed by atoms with Crippen LogP contribution in [0.1, 0.15) is 47.4 Å². The summed E-state index contributed by atoms with van der Waals surface area (Å²) in [6.07, 6.45) is 4.13. The zero-order valence-electron chi connectivity index (χ0n) is 12.6. The van der Waals surface area contributed by atoms with Crippen LogP contribution in [0.15, 0.2) is 10.7 Å². The van der Waals surface area contributed by atoms with Gasteiger partial charge >= 0.3 is 0 Å². The maximum absolute atomic E-state index is 12.6. The van der Waals surface area contributed by atoms with E-state index in [9.17, 15) is 4.79 Å². The first-order chi connectivity index (χ1) is 10.1. The van der Waals surface area contributed by atoms with Crippen molar-refractivity contribution in [3.63, 3.8) is 0 Å². The van der Waals surface area contributed by atoms with Crippen molar-refractivity contribution in [1.82, 2.24) is 20.0 Å². The molecule has 1 amide bonds. The van der Waals surface area contributed by atoms with E-state index in [1.807, 2.05) is 31.9 Å². The van der Waals surface area contributed by atoms with Crippen LogP contribution in [0, 0.1) is 20.8 Å². The standard InChI is InChI=1S/C15H20N4O2/c1-9-8-16-15(17-9)13-5-4-6-19(13)14(20)7-12-10(2)18-21-11(12)3/h8,13H,4-7H2,1-3H3,(H,16,17). The van der Waals surface area contributed by atoms with Gasteiger partial charge < -0.3 is 14.4 Å². The third-order valence-electron chi connectivity index (χ3n) is 4.12. The van der Waals surface area contributed by atoms with Crippen molar-refractivity contribution in [1.29, 1.82) is 0 Å². The highest BCUT2D eigenvalue weighted by Gasteiger charge is 2.32. The number of hydrogen-bond acceptors (Lipinski definition) is 4. The number of rotatable bonds is 3. The van der Waals surface area contributed by atoms with Crippen LogP contribution in [0.25, 0.3) is 0 Å². The molecule has 1 saturated heterocycles. The van der Waals surface area contributed by atoms with Gasteiger partial charge in [-0.2, -0.15) is 0 Å². The van der Waals surface area contributed by atoms with Crippen molar-refractivity contribution in [2.45, 2.75) is 46.1 Å². The zero-order chi connectivity index (χ0) is 15.0. The number of amides is 1. The SMILES string of the molecule is Cc1cnc(C2CCCN2C(=O)Cc2c(C)noc2C)[nH]1. The fourth-order valence-electron chi connectivity index (χ4n) is 2.96. The summed E-state index contributed by atoms with van der Waals surface area (Å²) in [7, 11) is 0. The van der Waals surface area contributed by atoms with Gasteiger partial charge in [0.15, 0.2) is 0 Å². The second-order valence-electron chi connectivity index (χ2n) is 5.68. The maximum atomic E-state index is 12.6. The van der Waals surface area contributed by atoms with E-state index in [0.717, 1.165) is 47.9 Å². The summed E-state index contributed by atoms with van der Waals surface area (Å²) in [6, 6.07) is 0.0617. The van der Waals surface area contributed by atoms with E-state index in [0.29, 0.717) is 6.42 Å². The predicted octanol–water partition coefficient (Wildman–Crippen LogP) is 2.23. The van der Waals surface area contributed by atoms with Gasteiger partial charge in [0.1, 0.15) is 11.6 Å². The molecule has 1 aliphatic rings. The third-order valence-corrected chi connectivity index (χ3v) is 4.12. The number of hydrogen-bond donors (Lipinski definition) is 1. The van der Waals surface area contributed by atoms with Crippen molar-refractivity contribution in [2.75, 3.05) is 6.54 Å². The van der Waals surface area contributed by atoms with Gasteiger partial charge in [-0.15, -0.1) is 0 Å². The molecular formula is C15H20N4O2. The molecule has 1 fully saturated rings. The normalized spacial score (nSPS) is 18.4. The fraction of sp³-hybridized carbons (Fsp3) is 0.533. The van der Waals surface area contributed by atoms with Crippen LogP contribution < -0.4 is 0 Å². The summed E-state index contributed by atoms with van der Waals surface area (Å²) < 4.78 is 5.13. The lowest BCUT2D eigenvalue weighted by Crippen LogP contribution is -2.32. The number of aromatic amines is 1. The Hall–Kier alpha value is -2.11. The minimum Gasteiger partial charge on any atom is -0.361 e. The summed E-state index contributed by atoms with van der Waals surface area (Å²) in [5, 5.41) is 3.91. The number of carbonyl (C=O) groups excluding carboxylic acids is 1. The van der Waals surface area contributed by atoms with Gasteiger partial charge in [-0.3, -0.25) is 4.79 Å². The topological polar surface area (TPSA) is 75.0 Å². The van der Waals surface area contributed by atoms with E-state index >= 15 is 0 Å². The number of likely N-dealkylation sites (tertiary alicyclic amines) is 1. The largest absolute Gasteiger partial charge is 0.361 e. The van der Waals surface area contributed by atoms with Crippen molar-refractivity contribution in [2.24, 2.45) is 0 Å². The average Bonchev–Trinajstić information content (AvgIpc) is 3.14. The summed E-state index contributed by atoms with van der Waals surface area (Å²) in [5.74, 6) is 1.73. The molecule has 0 radical (unpaired) electrons. The molecule has 0 aliphatic carbocycles. The van der Waals surface area contributed by atoms with Crippen LogP contribution >= 0.6 is 0 Å². The second kappa shape index (κ2) is 5.35. The number of imidazole rings is 1. The van der Waals surface area contributed by atoms with Gasteiger partial charge in [-0.1, -0.05) is 5.16 Å². The van der Waals surface area contributed by atoms with Crippen LogP contribution in [0.5, 0.6) is 0 Å². The lowest BCUT2D eigenvalue weighted by molar-refractivity contribution is -0.131. The van der Waals surface area contributed by atoms with Gasteiger partial charge in [-0.25, -0.2) is 4.98 Å². The Balaban J connectivity index is 1.77. The number of carbonyl (C=O) groups is 1. The number of aromatic nitrogens is 3. The smallest absolute Gasteiger partial charge is 0.227 e. The summed E-state index contributed by atoms with van der Waals surface area (Å²) >= 11 is 0. The van der Waals surface area contributed by atoms with Gasteiger partial charge in [0, 0.05) is 24.0 Å². The van der Waals surface area contributed by atoms with Crippen LogP contribution in [0.4, 0.5) is 0 Å². The molecule has 1 atom stereocenters. The molecule has 0 saturated carbocycles. The molecule has 1 unspecified atom stereocenters. The Morgan fingerprint density at radius 1 is 1.48 bits per heavy atom. The number of aryl methyl sites for hydroxylation is 3. The molecule has 3 rings (SSSR count). The summed E-state index contributed by atoms with van der Waals surface area (Å²) in [4.78, 5) is 22.2. The highest BCUT2D eigenvalue weighted by molar-refractivity contribution is 5.79. The Kier molecular flexibility index (Phi) is 3.53. The van der Waals surface area contributed by atoms with E-state index in [1.165, 1.54) is 0 Å². The molecule has 6 nitrogen and oxygen atoms in total. The Morgan fingerprint density at radius 3 is 2.90 bits per heavy atom. The molecule has 21 heavy (non-hydrogen) atoms. The minimum atomic E-state index is 0.0617. The molecule has 2 aromatic rings. The van der Waals surface area contributed by atoms with Crippen LogP contribution in [-0.4, -0.2) is 32.5 Å². The van der Waals surface area contributed by atoms with Gasteiger partial charge in [0.05, 0.1) is 18.2 Å². The maximum Gasteiger partial charge on any atom is 0.227 e. The zero-order valence-corrected chi connectivity index (χ0v) is 12.6. The molecule has 0 spiro atoms. The molecule has 1 aliphatic heterocycles. The minimum absolute atomic E-state index is 0.0617. The van der Waals surface area contributed by atoms with E-state index in [-0.39, 0.29) is 11.9 Å². The first-order valence-electron chi connectivity index (χ1n) is 7.29. The monoisotopic (exact) mass is 288 g/mol. The summed E-state index contributed by atoms with van der Waals surface area (Å²) in [6.45, 7) is 6.48. The number of nitrogens with zero attached hydrogens (tertiary/aromatic N) is 3. The van der Waals surface area contributed by atoms with Crippen LogP contribution in [0.2, 0.25) is 0 Å². The van der Waals surface area contributed by atoms with Crippen molar-refractivity contribution in [3.05, 3.63) is 34.7 Å². The summed E-state index contributed by atoms with van der Waals surface area (Å²) in [5.41, 5.74) is 2.72. The Morgan fingerprint density at radius 2 is 2.29 bits per heavy atom. The molecular weight excluding hydrogens is 268 g/mol. The fourth-order valence-corrected chi connectivity index (χ4v) is 2.96. The quantitative estimate of drug-likeness (QED) is 0.939. The molecule has 1 N–H and O–H groups in total. The predicted molar refractivity (Wildman–Crippen MR) is 76.7 cm³/mol. The van der Waals surface area contributed by atoms with E-state index in [2.05, 4.69) is 15.1 Å². The lowest BCUT2D eigenvalue weighted by Gasteiger charge is -2.23. The molecule has 3 heterocycles. The van der Waals surface area contributed by atoms with E-state index < -0.39 is 0 Å². The Labute approximate surface area is 123 Å². The van der Waals surface area contributed by atoms with Crippen LogP contribution in [-0.2, 0) is 11.2 Å². The van der Waals surface area contributed by atoms with Crippen molar-refractivity contribution >= 4 is 5.91 Å². The van der Waals surface area contributed by atoms with Crippen molar-refractivity contribution < 1.29 is 9.32 Å². The molecule has 112 valence electrons. The first-order valence-corrected chi connectivity index (χ1v) is 7.29. The van der Waals surface area contributed by atoms with Crippen molar-refractivity contribution in [3.8, 4) is 0 Å². The third kappa shape index (κ3) is 2.57. The van der Waals surface area contributed by atoms with Gasteiger partial charge in [-0.05, 0) is 33.6 Å². The molecule has 0 bridgehead atoms. The first kappa shape index (κ1) is 13.9. The average molecular weight is 288 g/mol. The lowest BCUT2D eigenvalue weighted by atomic mass is 10.1. The van der Waals surface area contributed by atoms with Crippen LogP contribution in [0.3, 0.4) is 0 Å². The van der Waals surface area contributed by atoms with Gasteiger partial charge in [0.2, 0.25) is 5.91 Å². The van der Waals surface area contributed by atoms with E-state index in [4.69, 9.17) is 4.52 Å².